The van der Waals surface area contributed by atoms with Crippen molar-refractivity contribution in [3.05, 3.63) is 65.7 Å². The van der Waals surface area contributed by atoms with Crippen LogP contribution >= 0.6 is 11.8 Å². The van der Waals surface area contributed by atoms with Gasteiger partial charge in [0.25, 0.3) is 5.91 Å². The first-order valence-corrected chi connectivity index (χ1v) is 10.0. The van der Waals surface area contributed by atoms with Crippen LogP contribution in [0.25, 0.3) is 11.4 Å². The van der Waals surface area contributed by atoms with Crippen molar-refractivity contribution in [1.82, 2.24) is 35.2 Å². The average molecular weight is 464 g/mol. The highest BCUT2D eigenvalue weighted by Crippen LogP contribution is 2.33. The molecule has 9 nitrogen and oxygen atoms in total. The van der Waals surface area contributed by atoms with Crippen LogP contribution in [0.15, 0.2) is 53.7 Å². The van der Waals surface area contributed by atoms with Gasteiger partial charge in [-0.15, -0.1) is 10.2 Å². The maximum absolute atomic E-state index is 13.8. The third-order valence-corrected chi connectivity index (χ3v) is 4.82. The summed E-state index contributed by atoms with van der Waals surface area (Å²) in [7, 11) is 0. The zero-order chi connectivity index (χ0) is 22.9. The van der Waals surface area contributed by atoms with Gasteiger partial charge >= 0.3 is 6.18 Å². The highest BCUT2D eigenvalue weighted by molar-refractivity contribution is 7.98. The van der Waals surface area contributed by atoms with E-state index in [1.807, 2.05) is 0 Å². The van der Waals surface area contributed by atoms with Gasteiger partial charge in [0, 0.05) is 5.69 Å². The second-order valence-corrected chi connectivity index (χ2v) is 7.03. The molecule has 1 amide bonds. The molecule has 14 heteroatoms. The first-order valence-electron chi connectivity index (χ1n) is 8.81. The Bertz CT molecular complexity index is 1270. The van der Waals surface area contributed by atoms with E-state index in [0.29, 0.717) is 15.5 Å². The number of hydrogen-bond donors (Lipinski definition) is 1. The molecule has 2 heterocycles. The normalized spacial score (nSPS) is 11.5. The number of benzene rings is 2. The van der Waals surface area contributed by atoms with Gasteiger partial charge in [0.2, 0.25) is 5.16 Å². The third-order valence-electron chi connectivity index (χ3n) is 4.20. The van der Waals surface area contributed by atoms with E-state index in [9.17, 15) is 22.4 Å². The molecular formula is C18H12F4N8OS. The van der Waals surface area contributed by atoms with Crippen LogP contribution < -0.4 is 5.32 Å². The van der Waals surface area contributed by atoms with Gasteiger partial charge in [0.15, 0.2) is 11.4 Å². The molecule has 32 heavy (non-hydrogen) atoms. The Morgan fingerprint density at radius 2 is 1.75 bits per heavy atom. The Morgan fingerprint density at radius 3 is 2.44 bits per heavy atom. The Morgan fingerprint density at radius 1 is 1.00 bits per heavy atom. The minimum absolute atomic E-state index is 0.101. The van der Waals surface area contributed by atoms with Crippen LogP contribution in [0.2, 0.25) is 0 Å². The minimum Gasteiger partial charge on any atom is -0.320 e. The van der Waals surface area contributed by atoms with Crippen molar-refractivity contribution in [2.24, 2.45) is 0 Å². The predicted octanol–water partition coefficient (Wildman–Crippen LogP) is 3.38. The summed E-state index contributed by atoms with van der Waals surface area (Å²) in [5, 5.41) is 21.0. The molecule has 0 spiro atoms. The first-order chi connectivity index (χ1) is 15.3. The molecule has 0 fully saturated rings. The number of hydrogen-bond acceptors (Lipinski definition) is 7. The predicted molar refractivity (Wildman–Crippen MR) is 105 cm³/mol. The number of anilines is 1. The van der Waals surface area contributed by atoms with E-state index in [1.165, 1.54) is 28.6 Å². The minimum atomic E-state index is -4.95. The number of tetrazole rings is 1. The summed E-state index contributed by atoms with van der Waals surface area (Å²) in [5.41, 5.74) is -1.74. The summed E-state index contributed by atoms with van der Waals surface area (Å²) in [4.78, 5) is 12.7. The number of alkyl halides is 3. The first kappa shape index (κ1) is 21.4. The number of nitrogens with one attached hydrogen (secondary N) is 1. The van der Waals surface area contributed by atoms with E-state index < -0.39 is 29.3 Å². The second kappa shape index (κ2) is 8.37. The second-order valence-electron chi connectivity index (χ2n) is 6.25. The molecule has 0 aliphatic rings. The van der Waals surface area contributed by atoms with Crippen molar-refractivity contribution in [3.8, 4) is 11.4 Å². The molecule has 2 aromatic carbocycles. The van der Waals surface area contributed by atoms with Crippen LogP contribution in [-0.2, 0) is 6.18 Å². The van der Waals surface area contributed by atoms with Gasteiger partial charge in [0.05, 0.1) is 11.4 Å². The van der Waals surface area contributed by atoms with Crippen LogP contribution in [0.3, 0.4) is 0 Å². The monoisotopic (exact) mass is 464 g/mol. The fourth-order valence-corrected chi connectivity index (χ4v) is 3.26. The summed E-state index contributed by atoms with van der Waals surface area (Å²) in [6.07, 6.45) is -3.18. The molecule has 164 valence electrons. The van der Waals surface area contributed by atoms with Crippen LogP contribution in [0.4, 0.5) is 23.2 Å². The van der Waals surface area contributed by atoms with Gasteiger partial charge in [-0.2, -0.15) is 17.9 Å². The summed E-state index contributed by atoms with van der Waals surface area (Å²) >= 11 is 1.29. The van der Waals surface area contributed by atoms with Crippen molar-refractivity contribution in [2.45, 2.75) is 11.3 Å². The van der Waals surface area contributed by atoms with Gasteiger partial charge in [-0.25, -0.2) is 9.07 Å². The lowest BCUT2D eigenvalue weighted by molar-refractivity contribution is -0.143. The SMILES string of the molecule is CSc1nnnn1-c1cccc(NC(=O)c2nnn(-c3ccc(F)cc3)c2C(F)(F)F)c1. The van der Waals surface area contributed by atoms with E-state index >= 15 is 0 Å². The van der Waals surface area contributed by atoms with Crippen molar-refractivity contribution < 1.29 is 22.4 Å². The third kappa shape index (κ3) is 4.16. The molecule has 0 aliphatic carbocycles. The Labute approximate surface area is 181 Å². The van der Waals surface area contributed by atoms with Gasteiger partial charge < -0.3 is 5.32 Å². The highest BCUT2D eigenvalue weighted by Gasteiger charge is 2.42. The number of halogens is 4. The topological polar surface area (TPSA) is 103 Å². The molecular weight excluding hydrogens is 452 g/mol. The van der Waals surface area contributed by atoms with Gasteiger partial charge in [0.1, 0.15) is 5.82 Å². The zero-order valence-electron chi connectivity index (χ0n) is 16.1. The molecule has 2 aromatic heterocycles. The van der Waals surface area contributed by atoms with Crippen molar-refractivity contribution >= 4 is 23.4 Å². The molecule has 0 saturated carbocycles. The number of rotatable bonds is 5. The lowest BCUT2D eigenvalue weighted by Gasteiger charge is -2.11. The maximum Gasteiger partial charge on any atom is 0.435 e. The molecule has 0 radical (unpaired) electrons. The van der Waals surface area contributed by atoms with Crippen LogP contribution in [0.5, 0.6) is 0 Å². The van der Waals surface area contributed by atoms with Crippen molar-refractivity contribution in [3.63, 3.8) is 0 Å². The molecule has 4 rings (SSSR count). The van der Waals surface area contributed by atoms with E-state index in [0.717, 1.165) is 24.3 Å². The zero-order valence-corrected chi connectivity index (χ0v) is 16.9. The quantitative estimate of drug-likeness (QED) is 0.357. The lowest BCUT2D eigenvalue weighted by Crippen LogP contribution is -2.21. The standard InChI is InChI=1S/C18H12F4N8OS/c1-32-17-25-26-28-30(17)13-4-2-3-11(9-13)23-16(31)14-15(18(20,21)22)29(27-24-14)12-7-5-10(19)6-8-12/h2-9H,1H3,(H,23,31). The fourth-order valence-electron chi connectivity index (χ4n) is 2.83. The van der Waals surface area contributed by atoms with Crippen molar-refractivity contribution in [1.29, 1.82) is 0 Å². The Hall–Kier alpha value is -3.81. The average Bonchev–Trinajstić information content (AvgIpc) is 3.41. The molecule has 4 aromatic rings. The number of thioether (sulfide) groups is 1. The van der Waals surface area contributed by atoms with E-state index in [4.69, 9.17) is 0 Å². The summed E-state index contributed by atoms with van der Waals surface area (Å²) in [6.45, 7) is 0. The van der Waals surface area contributed by atoms with Gasteiger partial charge in [-0.3, -0.25) is 4.79 Å². The highest BCUT2D eigenvalue weighted by atomic mass is 32.2. The largest absolute Gasteiger partial charge is 0.435 e. The summed E-state index contributed by atoms with van der Waals surface area (Å²) in [5.74, 6) is -1.75. The molecule has 0 atom stereocenters. The van der Waals surface area contributed by atoms with E-state index in [1.54, 1.807) is 18.4 Å². The maximum atomic E-state index is 13.8. The van der Waals surface area contributed by atoms with Crippen LogP contribution in [-0.4, -0.2) is 47.4 Å². The summed E-state index contributed by atoms with van der Waals surface area (Å²) < 4.78 is 56.3. The number of carbonyl (C=O) groups is 1. The number of nitrogens with zero attached hydrogens (tertiary/aromatic N) is 7. The lowest BCUT2D eigenvalue weighted by atomic mass is 10.2. The van der Waals surface area contributed by atoms with E-state index in [-0.39, 0.29) is 11.4 Å². The molecule has 0 unspecified atom stereocenters. The van der Waals surface area contributed by atoms with Gasteiger partial charge in [-0.05, 0) is 59.1 Å². The molecule has 0 bridgehead atoms. The number of carbonyl (C=O) groups excluding carboxylic acids is 1. The molecule has 1 N–H and O–H groups in total. The van der Waals surface area contributed by atoms with Crippen LogP contribution in [0, 0.1) is 5.82 Å². The molecule has 0 aliphatic heterocycles. The fraction of sp³-hybridized carbons (Fsp3) is 0.111. The van der Waals surface area contributed by atoms with Crippen molar-refractivity contribution in [2.75, 3.05) is 11.6 Å². The van der Waals surface area contributed by atoms with Crippen LogP contribution in [0.1, 0.15) is 16.2 Å². The Kier molecular flexibility index (Phi) is 5.61. The Balaban J connectivity index is 1.67. The number of amides is 1. The number of aromatic nitrogens is 7. The van der Waals surface area contributed by atoms with Gasteiger partial charge in [-0.1, -0.05) is 23.0 Å². The smallest absolute Gasteiger partial charge is 0.320 e. The van der Waals surface area contributed by atoms with E-state index in [2.05, 4.69) is 31.2 Å². The molecule has 0 saturated heterocycles. The summed E-state index contributed by atoms with van der Waals surface area (Å²) in [6, 6.07) is 10.4.